The van der Waals surface area contributed by atoms with Crippen LogP contribution in [-0.2, 0) is 23.3 Å². The average Bonchev–Trinajstić information content (AvgIpc) is 2.85. The summed E-state index contributed by atoms with van der Waals surface area (Å²) in [6.07, 6.45) is 3.99. The highest BCUT2D eigenvalue weighted by Crippen LogP contribution is 2.23. The van der Waals surface area contributed by atoms with Crippen LogP contribution in [0.15, 0.2) is 6.33 Å². The Bertz CT molecular complexity index is 497. The molecule has 0 aromatic carbocycles. The van der Waals surface area contributed by atoms with Gasteiger partial charge in [0.25, 0.3) is 0 Å². The van der Waals surface area contributed by atoms with Gasteiger partial charge in [0.05, 0.1) is 11.5 Å². The summed E-state index contributed by atoms with van der Waals surface area (Å²) in [5, 5.41) is 7.29. The number of likely N-dealkylation sites (N-methyl/N-ethyl adjacent to an activating group) is 1. The number of nitrogens with one attached hydrogen (secondary N) is 1. The largest absolute Gasteiger partial charge is 0.317 e. The highest BCUT2D eigenvalue weighted by Gasteiger charge is 2.29. The summed E-state index contributed by atoms with van der Waals surface area (Å²) >= 11 is 0. The van der Waals surface area contributed by atoms with Crippen molar-refractivity contribution < 1.29 is 8.42 Å². The fourth-order valence-corrected chi connectivity index (χ4v) is 4.37. The zero-order chi connectivity index (χ0) is 13.2. The van der Waals surface area contributed by atoms with Crippen molar-refractivity contribution in [2.45, 2.75) is 25.3 Å². The second-order valence-electron chi connectivity index (χ2n) is 4.99. The lowest BCUT2D eigenvalue weighted by atomic mass is 9.97. The molecule has 6 nitrogen and oxygen atoms in total. The van der Waals surface area contributed by atoms with Gasteiger partial charge in [0.2, 0.25) is 0 Å². The normalized spacial score (nSPS) is 24.2. The van der Waals surface area contributed by atoms with E-state index < -0.39 is 9.84 Å². The van der Waals surface area contributed by atoms with E-state index >= 15 is 0 Å². The number of aromatic nitrogens is 3. The van der Waals surface area contributed by atoms with Crippen molar-refractivity contribution in [2.75, 3.05) is 18.6 Å². The topological polar surface area (TPSA) is 76.9 Å². The van der Waals surface area contributed by atoms with Crippen molar-refractivity contribution in [3.8, 4) is 0 Å². The third-order valence-electron chi connectivity index (χ3n) is 3.59. The van der Waals surface area contributed by atoms with Gasteiger partial charge in [-0.1, -0.05) is 0 Å². The van der Waals surface area contributed by atoms with Gasteiger partial charge in [-0.25, -0.2) is 13.4 Å². The van der Waals surface area contributed by atoms with Gasteiger partial charge in [0, 0.05) is 19.5 Å². The molecule has 2 atom stereocenters. The van der Waals surface area contributed by atoms with Crippen LogP contribution < -0.4 is 5.32 Å². The van der Waals surface area contributed by atoms with E-state index in [9.17, 15) is 8.42 Å². The van der Waals surface area contributed by atoms with Crippen molar-refractivity contribution in [1.29, 1.82) is 0 Å². The van der Waals surface area contributed by atoms with E-state index in [0.29, 0.717) is 11.5 Å². The minimum Gasteiger partial charge on any atom is -0.317 e. The summed E-state index contributed by atoms with van der Waals surface area (Å²) in [6.45, 7) is 0. The molecule has 0 radical (unpaired) electrons. The SMILES string of the molecule is CNC(Cc1ncnn1C)CC1CCS(=O)(=O)C1. The molecule has 2 rings (SSSR count). The summed E-state index contributed by atoms with van der Waals surface area (Å²) in [4.78, 5) is 4.20. The van der Waals surface area contributed by atoms with Crippen LogP contribution in [0.3, 0.4) is 0 Å². The third-order valence-corrected chi connectivity index (χ3v) is 5.42. The van der Waals surface area contributed by atoms with Gasteiger partial charge in [0.1, 0.15) is 12.2 Å². The molecule has 0 spiro atoms. The second kappa shape index (κ2) is 5.36. The number of hydrogen-bond acceptors (Lipinski definition) is 5. The molecule has 1 aromatic rings. The van der Waals surface area contributed by atoms with Crippen molar-refractivity contribution in [3.05, 3.63) is 12.2 Å². The number of aryl methyl sites for hydroxylation is 1. The van der Waals surface area contributed by atoms with Crippen molar-refractivity contribution in [2.24, 2.45) is 13.0 Å². The molecule has 0 saturated carbocycles. The summed E-state index contributed by atoms with van der Waals surface area (Å²) in [6, 6.07) is 0.256. The van der Waals surface area contributed by atoms with Gasteiger partial charge in [-0.3, -0.25) is 4.68 Å². The number of rotatable bonds is 5. The lowest BCUT2D eigenvalue weighted by Crippen LogP contribution is -2.31. The minimum absolute atomic E-state index is 0.256. The Hall–Kier alpha value is -0.950. The number of hydrogen-bond donors (Lipinski definition) is 1. The molecule has 0 bridgehead atoms. The number of sulfone groups is 1. The van der Waals surface area contributed by atoms with Crippen LogP contribution in [-0.4, -0.2) is 47.8 Å². The average molecular weight is 272 g/mol. The highest BCUT2D eigenvalue weighted by molar-refractivity contribution is 7.91. The molecule has 2 unspecified atom stereocenters. The molecule has 1 aliphatic heterocycles. The third kappa shape index (κ3) is 3.29. The molecule has 1 aliphatic rings. The summed E-state index contributed by atoms with van der Waals surface area (Å²) in [5.41, 5.74) is 0. The lowest BCUT2D eigenvalue weighted by molar-refractivity contribution is 0.414. The van der Waals surface area contributed by atoms with E-state index in [2.05, 4.69) is 15.4 Å². The van der Waals surface area contributed by atoms with Gasteiger partial charge in [-0.05, 0) is 25.8 Å². The first-order valence-electron chi connectivity index (χ1n) is 6.20. The quantitative estimate of drug-likeness (QED) is 0.801. The maximum Gasteiger partial charge on any atom is 0.150 e. The van der Waals surface area contributed by atoms with E-state index in [4.69, 9.17) is 0 Å². The first-order valence-corrected chi connectivity index (χ1v) is 8.03. The fraction of sp³-hybridized carbons (Fsp3) is 0.818. The van der Waals surface area contributed by atoms with Crippen molar-refractivity contribution >= 4 is 9.84 Å². The maximum absolute atomic E-state index is 11.4. The Morgan fingerprint density at radius 2 is 2.39 bits per heavy atom. The molecule has 0 aliphatic carbocycles. The monoisotopic (exact) mass is 272 g/mol. The smallest absolute Gasteiger partial charge is 0.150 e. The molecule has 18 heavy (non-hydrogen) atoms. The highest BCUT2D eigenvalue weighted by atomic mass is 32.2. The van der Waals surface area contributed by atoms with Crippen molar-refractivity contribution in [3.63, 3.8) is 0 Å². The molecule has 7 heteroatoms. The van der Waals surface area contributed by atoms with E-state index in [1.807, 2.05) is 14.1 Å². The predicted molar refractivity (Wildman–Crippen MR) is 68.9 cm³/mol. The minimum atomic E-state index is -2.78. The molecule has 1 N–H and O–H groups in total. The molecule has 2 heterocycles. The second-order valence-corrected chi connectivity index (χ2v) is 7.22. The molecule has 1 saturated heterocycles. The Labute approximate surface area is 108 Å². The Kier molecular flexibility index (Phi) is 4.01. The zero-order valence-electron chi connectivity index (χ0n) is 10.8. The zero-order valence-corrected chi connectivity index (χ0v) is 11.7. The lowest BCUT2D eigenvalue weighted by Gasteiger charge is -2.18. The fourth-order valence-electron chi connectivity index (χ4n) is 2.49. The molecule has 1 fully saturated rings. The first-order chi connectivity index (χ1) is 8.50. The standard InChI is InChI=1S/C11H20N4O2S/c1-12-10(6-11-13-8-14-15(11)2)5-9-3-4-18(16,17)7-9/h8-10,12H,3-7H2,1-2H3. The molecular formula is C11H20N4O2S. The van der Waals surface area contributed by atoms with Crippen molar-refractivity contribution in [1.82, 2.24) is 20.1 Å². The summed E-state index contributed by atoms with van der Waals surface area (Å²) in [5.74, 6) is 1.89. The molecular weight excluding hydrogens is 252 g/mol. The van der Waals surface area contributed by atoms with Crippen LogP contribution in [0.4, 0.5) is 0 Å². The van der Waals surface area contributed by atoms with Gasteiger partial charge < -0.3 is 5.32 Å². The molecule has 0 amide bonds. The van der Waals surface area contributed by atoms with Crippen LogP contribution in [0.5, 0.6) is 0 Å². The summed E-state index contributed by atoms with van der Waals surface area (Å²) in [7, 11) is 0.997. The van der Waals surface area contributed by atoms with E-state index in [1.54, 1.807) is 11.0 Å². The Morgan fingerprint density at radius 1 is 1.61 bits per heavy atom. The summed E-state index contributed by atoms with van der Waals surface area (Å²) < 4.78 is 24.6. The molecule has 1 aromatic heterocycles. The number of nitrogens with zero attached hydrogens (tertiary/aromatic N) is 3. The van der Waals surface area contributed by atoms with Gasteiger partial charge in [0.15, 0.2) is 9.84 Å². The van der Waals surface area contributed by atoms with Crippen LogP contribution in [0, 0.1) is 5.92 Å². The van der Waals surface area contributed by atoms with Crippen LogP contribution in [0.2, 0.25) is 0 Å². The van der Waals surface area contributed by atoms with E-state index in [0.717, 1.165) is 25.1 Å². The van der Waals surface area contributed by atoms with Gasteiger partial charge in [-0.2, -0.15) is 5.10 Å². The van der Waals surface area contributed by atoms with Gasteiger partial charge in [-0.15, -0.1) is 0 Å². The Morgan fingerprint density at radius 3 is 2.89 bits per heavy atom. The Balaban J connectivity index is 1.92. The van der Waals surface area contributed by atoms with Crippen LogP contribution in [0.25, 0.3) is 0 Å². The van der Waals surface area contributed by atoms with E-state index in [1.165, 1.54) is 0 Å². The van der Waals surface area contributed by atoms with Crippen LogP contribution >= 0.6 is 0 Å². The predicted octanol–water partition coefficient (Wildman–Crippen LogP) is -0.230. The van der Waals surface area contributed by atoms with Crippen LogP contribution in [0.1, 0.15) is 18.7 Å². The maximum atomic E-state index is 11.4. The van der Waals surface area contributed by atoms with Gasteiger partial charge >= 0.3 is 0 Å². The van der Waals surface area contributed by atoms with E-state index in [-0.39, 0.29) is 12.0 Å². The molecule has 102 valence electrons. The first kappa shape index (κ1) is 13.5.